The minimum atomic E-state index is 0.100. The summed E-state index contributed by atoms with van der Waals surface area (Å²) in [5, 5.41) is 27.7. The maximum absolute atomic E-state index is 10.4. The molecule has 2 aromatic carbocycles. The highest BCUT2D eigenvalue weighted by Crippen LogP contribution is 2.30. The van der Waals surface area contributed by atoms with Gasteiger partial charge in [-0.2, -0.15) is 5.26 Å². The topological polar surface area (TPSA) is 99.8 Å². The number of H-pyrrole nitrogens is 1. The molecule has 6 nitrogen and oxygen atoms in total. The summed E-state index contributed by atoms with van der Waals surface area (Å²) >= 11 is 0. The Hall–Kier alpha value is -3.59. The van der Waals surface area contributed by atoms with Crippen LogP contribution in [0.25, 0.3) is 16.6 Å². The molecule has 0 unspecified atom stereocenters. The van der Waals surface area contributed by atoms with Gasteiger partial charge in [0.15, 0.2) is 0 Å². The van der Waals surface area contributed by atoms with Crippen molar-refractivity contribution in [2.75, 3.05) is 11.4 Å². The fraction of sp³-hybridized carbons (Fsp3) is 0.0556. The average Bonchev–Trinajstić information content (AvgIpc) is 3.15. The van der Waals surface area contributed by atoms with Gasteiger partial charge in [-0.1, -0.05) is 12.1 Å². The number of aromatic nitrogens is 2. The summed E-state index contributed by atoms with van der Waals surface area (Å²) in [6.45, 7) is 0.205. The molecule has 0 amide bonds. The first-order chi connectivity index (χ1) is 11.7. The number of aliphatic hydroxyl groups excluding tert-OH is 1. The van der Waals surface area contributed by atoms with Gasteiger partial charge in [0.25, 0.3) is 0 Å². The monoisotopic (exact) mass is 315 g/mol. The normalized spacial score (nSPS) is 14.5. The van der Waals surface area contributed by atoms with Gasteiger partial charge in [-0.15, -0.1) is 0 Å². The maximum Gasteiger partial charge on any atom is 0.145 e. The number of anilines is 1. The zero-order chi connectivity index (χ0) is 16.7. The van der Waals surface area contributed by atoms with Crippen LogP contribution in [-0.4, -0.2) is 27.5 Å². The molecule has 0 radical (unpaired) electrons. The molecule has 6 heteroatoms. The van der Waals surface area contributed by atoms with Gasteiger partial charge in [0.1, 0.15) is 17.4 Å². The Bertz CT molecular complexity index is 990. The molecule has 4 rings (SSSR count). The summed E-state index contributed by atoms with van der Waals surface area (Å²) in [6.07, 6.45) is 0. The molecule has 3 N–H and O–H groups in total. The summed E-state index contributed by atoms with van der Waals surface area (Å²) < 4.78 is 0. The van der Waals surface area contributed by atoms with E-state index in [9.17, 15) is 5.11 Å². The highest BCUT2D eigenvalue weighted by atomic mass is 16.3. The summed E-state index contributed by atoms with van der Waals surface area (Å²) in [7, 11) is 0. The van der Waals surface area contributed by atoms with Gasteiger partial charge in [-0.3, -0.25) is 5.41 Å². The van der Waals surface area contributed by atoms with Gasteiger partial charge in [0, 0.05) is 5.69 Å². The number of aromatic amines is 1. The van der Waals surface area contributed by atoms with Crippen LogP contribution in [0.4, 0.5) is 5.69 Å². The molecular formula is C18H13N5O. The Morgan fingerprint density at radius 1 is 1.17 bits per heavy atom. The van der Waals surface area contributed by atoms with E-state index in [-0.39, 0.29) is 18.1 Å². The van der Waals surface area contributed by atoms with Crippen LogP contribution in [0, 0.1) is 16.7 Å². The first-order valence-electron chi connectivity index (χ1n) is 7.41. The van der Waals surface area contributed by atoms with Gasteiger partial charge in [-0.25, -0.2) is 4.98 Å². The number of hydrogen-bond acceptors (Lipinski definition) is 4. The average molecular weight is 315 g/mol. The lowest BCUT2D eigenvalue weighted by molar-refractivity contribution is 0.411. The lowest BCUT2D eigenvalue weighted by atomic mass is 10.2. The van der Waals surface area contributed by atoms with Gasteiger partial charge < -0.3 is 15.0 Å². The van der Waals surface area contributed by atoms with Crippen LogP contribution in [0.2, 0.25) is 0 Å². The zero-order valence-electron chi connectivity index (χ0n) is 12.6. The minimum absolute atomic E-state index is 0.100. The highest BCUT2D eigenvalue weighted by molar-refractivity contribution is 6.30. The summed E-state index contributed by atoms with van der Waals surface area (Å²) in [4.78, 5) is 9.30. The number of rotatable bonds is 2. The largest absolute Gasteiger partial charge is 0.509 e. The van der Waals surface area contributed by atoms with E-state index in [0.29, 0.717) is 17.0 Å². The van der Waals surface area contributed by atoms with Crippen LogP contribution in [0.3, 0.4) is 0 Å². The van der Waals surface area contributed by atoms with Crippen LogP contribution in [0.1, 0.15) is 11.4 Å². The van der Waals surface area contributed by atoms with E-state index in [1.54, 1.807) is 29.2 Å². The zero-order valence-corrected chi connectivity index (χ0v) is 12.6. The van der Waals surface area contributed by atoms with Crippen molar-refractivity contribution in [1.82, 2.24) is 9.97 Å². The second-order valence-corrected chi connectivity index (χ2v) is 5.52. The second-order valence-electron chi connectivity index (χ2n) is 5.52. The van der Waals surface area contributed by atoms with E-state index in [1.165, 1.54) is 0 Å². The number of benzene rings is 2. The van der Waals surface area contributed by atoms with E-state index in [0.717, 1.165) is 16.7 Å². The molecular weight excluding hydrogens is 302 g/mol. The molecule has 1 aliphatic rings. The van der Waals surface area contributed by atoms with Crippen molar-refractivity contribution in [2.24, 2.45) is 0 Å². The lowest BCUT2D eigenvalue weighted by Crippen LogP contribution is -2.26. The Balaban J connectivity index is 1.70. The Kier molecular flexibility index (Phi) is 3.07. The van der Waals surface area contributed by atoms with E-state index >= 15 is 0 Å². The van der Waals surface area contributed by atoms with Crippen LogP contribution in [0.15, 0.2) is 54.3 Å². The van der Waals surface area contributed by atoms with Gasteiger partial charge in [0.2, 0.25) is 0 Å². The molecule has 1 aliphatic heterocycles. The van der Waals surface area contributed by atoms with E-state index in [1.807, 2.05) is 24.3 Å². The predicted molar refractivity (Wildman–Crippen MR) is 91.9 cm³/mol. The molecule has 0 aliphatic carbocycles. The van der Waals surface area contributed by atoms with Crippen LogP contribution >= 0.6 is 0 Å². The van der Waals surface area contributed by atoms with Crippen molar-refractivity contribution in [3.05, 3.63) is 65.7 Å². The van der Waals surface area contributed by atoms with Crippen LogP contribution in [-0.2, 0) is 0 Å². The molecule has 24 heavy (non-hydrogen) atoms. The smallest absolute Gasteiger partial charge is 0.145 e. The minimum Gasteiger partial charge on any atom is -0.509 e. The first-order valence-corrected chi connectivity index (χ1v) is 7.41. The summed E-state index contributed by atoms with van der Waals surface area (Å²) in [6, 6.07) is 16.6. The molecule has 116 valence electrons. The summed E-state index contributed by atoms with van der Waals surface area (Å²) in [5.74, 6) is 0.759. The Morgan fingerprint density at radius 3 is 2.62 bits per heavy atom. The van der Waals surface area contributed by atoms with E-state index in [2.05, 4.69) is 16.0 Å². The molecule has 0 fully saturated rings. The third-order valence-corrected chi connectivity index (χ3v) is 4.04. The molecule has 2 heterocycles. The summed E-state index contributed by atoms with van der Waals surface area (Å²) in [5.41, 5.74) is 3.35. The number of hydrogen-bond donors (Lipinski definition) is 3. The lowest BCUT2D eigenvalue weighted by Gasteiger charge is -2.18. The molecule has 0 saturated heterocycles. The molecule has 0 atom stereocenters. The fourth-order valence-corrected chi connectivity index (χ4v) is 2.84. The number of imidazole rings is 1. The Labute approximate surface area is 137 Å². The second kappa shape index (κ2) is 5.25. The quantitative estimate of drug-likeness (QED) is 0.676. The molecule has 0 saturated carbocycles. The van der Waals surface area contributed by atoms with Gasteiger partial charge >= 0.3 is 0 Å². The first kappa shape index (κ1) is 14.0. The standard InChI is InChI=1S/C18H13N5O/c19-9-11-5-7-12(8-6-11)23-10-15(24)16(17(23)20)18-21-13-3-1-2-4-14(13)22-18/h1-8,20,24H,10H2,(H,21,22). The molecule has 0 bridgehead atoms. The third kappa shape index (κ3) is 2.11. The van der Waals surface area contributed by atoms with Gasteiger partial charge in [0.05, 0.1) is 34.8 Å². The molecule has 0 spiro atoms. The fourth-order valence-electron chi connectivity index (χ4n) is 2.84. The number of para-hydroxylation sites is 2. The number of fused-ring (bicyclic) bond motifs is 1. The van der Waals surface area contributed by atoms with Crippen molar-refractivity contribution in [2.45, 2.75) is 0 Å². The SMILES string of the molecule is N#Cc1ccc(N2CC(O)=C(c3nc4ccccc4[nH]3)C2=N)cc1. The number of nitrogens with one attached hydrogen (secondary N) is 2. The van der Waals surface area contributed by atoms with Crippen molar-refractivity contribution in [3.63, 3.8) is 0 Å². The number of nitriles is 1. The number of nitrogens with zero attached hydrogens (tertiary/aromatic N) is 3. The van der Waals surface area contributed by atoms with Crippen molar-refractivity contribution >= 4 is 28.1 Å². The van der Waals surface area contributed by atoms with Crippen LogP contribution in [0.5, 0.6) is 0 Å². The Morgan fingerprint density at radius 2 is 1.92 bits per heavy atom. The number of aliphatic hydroxyl groups is 1. The maximum atomic E-state index is 10.4. The number of amidine groups is 1. The highest BCUT2D eigenvalue weighted by Gasteiger charge is 2.31. The van der Waals surface area contributed by atoms with Crippen molar-refractivity contribution in [1.29, 1.82) is 10.7 Å². The van der Waals surface area contributed by atoms with Crippen molar-refractivity contribution in [3.8, 4) is 6.07 Å². The predicted octanol–water partition coefficient (Wildman–Crippen LogP) is 3.20. The van der Waals surface area contributed by atoms with Crippen LogP contribution < -0.4 is 4.90 Å². The third-order valence-electron chi connectivity index (χ3n) is 4.04. The molecule has 3 aromatic rings. The van der Waals surface area contributed by atoms with Gasteiger partial charge in [-0.05, 0) is 36.4 Å². The van der Waals surface area contributed by atoms with Crippen molar-refractivity contribution < 1.29 is 5.11 Å². The van der Waals surface area contributed by atoms with E-state index in [4.69, 9.17) is 10.7 Å². The molecule has 1 aromatic heterocycles. The van der Waals surface area contributed by atoms with E-state index < -0.39 is 0 Å².